The minimum Gasteiger partial charge on any atom is -0.348 e. The summed E-state index contributed by atoms with van der Waals surface area (Å²) in [5.74, 6) is -0.316. The van der Waals surface area contributed by atoms with Crippen LogP contribution in [0.5, 0.6) is 0 Å². The van der Waals surface area contributed by atoms with E-state index >= 15 is 0 Å². The number of carbonyl (C=O) groups is 1. The lowest BCUT2D eigenvalue weighted by Crippen LogP contribution is -2.36. The van der Waals surface area contributed by atoms with E-state index < -0.39 is 10.0 Å². The number of pyridine rings is 1. The Balaban J connectivity index is 1.67. The summed E-state index contributed by atoms with van der Waals surface area (Å²) < 4.78 is 28.0. The van der Waals surface area contributed by atoms with Crippen LogP contribution in [0.3, 0.4) is 0 Å². The van der Waals surface area contributed by atoms with Crippen molar-refractivity contribution in [1.29, 1.82) is 0 Å². The standard InChI is InChI=1S/C19H23N3O3S/c23-19(21-14-15-6-5-11-20-13-15)16-7-4-10-18(12-16)26(24,25)22-17-8-2-1-3-9-17/h4-7,10-13,17,22H,1-3,8-9,14H2,(H,21,23). The van der Waals surface area contributed by atoms with Crippen LogP contribution in [-0.4, -0.2) is 25.4 Å². The largest absolute Gasteiger partial charge is 0.348 e. The molecular weight excluding hydrogens is 350 g/mol. The van der Waals surface area contributed by atoms with Crippen molar-refractivity contribution in [2.75, 3.05) is 0 Å². The Bertz CT molecular complexity index is 847. The molecule has 0 unspecified atom stereocenters. The Kier molecular flexibility index (Phi) is 6.00. The number of rotatable bonds is 6. The van der Waals surface area contributed by atoms with Crippen molar-refractivity contribution in [3.63, 3.8) is 0 Å². The fourth-order valence-electron chi connectivity index (χ4n) is 3.10. The Morgan fingerprint density at radius 2 is 1.92 bits per heavy atom. The molecule has 3 rings (SSSR count). The summed E-state index contributed by atoms with van der Waals surface area (Å²) in [6.45, 7) is 0.337. The van der Waals surface area contributed by atoms with Crippen LogP contribution < -0.4 is 10.0 Å². The molecule has 138 valence electrons. The predicted molar refractivity (Wildman–Crippen MR) is 99.0 cm³/mol. The maximum atomic E-state index is 12.6. The van der Waals surface area contributed by atoms with E-state index in [1.165, 1.54) is 12.1 Å². The molecule has 2 N–H and O–H groups in total. The topological polar surface area (TPSA) is 88.2 Å². The molecule has 1 heterocycles. The lowest BCUT2D eigenvalue weighted by atomic mass is 9.96. The zero-order chi connectivity index (χ0) is 18.4. The van der Waals surface area contributed by atoms with Gasteiger partial charge in [0.15, 0.2) is 0 Å². The number of nitrogens with zero attached hydrogens (tertiary/aromatic N) is 1. The van der Waals surface area contributed by atoms with Gasteiger partial charge in [0, 0.05) is 30.5 Å². The molecular formula is C19H23N3O3S. The number of aromatic nitrogens is 1. The molecule has 0 spiro atoms. The predicted octanol–water partition coefficient (Wildman–Crippen LogP) is 2.62. The van der Waals surface area contributed by atoms with Crippen LogP contribution in [0.2, 0.25) is 0 Å². The number of nitrogens with one attached hydrogen (secondary N) is 2. The van der Waals surface area contributed by atoms with Crippen LogP contribution >= 0.6 is 0 Å². The molecule has 0 radical (unpaired) electrons. The summed E-state index contributed by atoms with van der Waals surface area (Å²) in [4.78, 5) is 16.5. The maximum absolute atomic E-state index is 12.6. The highest BCUT2D eigenvalue weighted by Crippen LogP contribution is 2.20. The Hall–Kier alpha value is -2.25. The van der Waals surface area contributed by atoms with Gasteiger partial charge in [-0.15, -0.1) is 0 Å². The SMILES string of the molecule is O=C(NCc1cccnc1)c1cccc(S(=O)(=O)NC2CCCCC2)c1. The average Bonchev–Trinajstić information content (AvgIpc) is 2.67. The molecule has 0 aliphatic heterocycles. The van der Waals surface area contributed by atoms with Gasteiger partial charge in [0.05, 0.1) is 4.90 Å². The molecule has 1 aliphatic rings. The van der Waals surface area contributed by atoms with Crippen LogP contribution in [-0.2, 0) is 16.6 Å². The van der Waals surface area contributed by atoms with E-state index in [4.69, 9.17) is 0 Å². The first-order valence-electron chi connectivity index (χ1n) is 8.84. The number of sulfonamides is 1. The van der Waals surface area contributed by atoms with Gasteiger partial charge >= 0.3 is 0 Å². The quantitative estimate of drug-likeness (QED) is 0.815. The molecule has 2 aromatic rings. The van der Waals surface area contributed by atoms with Crippen molar-refractivity contribution in [2.24, 2.45) is 0 Å². The molecule has 26 heavy (non-hydrogen) atoms. The van der Waals surface area contributed by atoms with Crippen molar-refractivity contribution >= 4 is 15.9 Å². The van der Waals surface area contributed by atoms with E-state index in [2.05, 4.69) is 15.0 Å². The number of benzene rings is 1. The van der Waals surface area contributed by atoms with E-state index in [1.54, 1.807) is 30.6 Å². The minimum atomic E-state index is -3.62. The van der Waals surface area contributed by atoms with Crippen LogP contribution in [0.25, 0.3) is 0 Å². The molecule has 1 amide bonds. The van der Waals surface area contributed by atoms with E-state index in [9.17, 15) is 13.2 Å². The third kappa shape index (κ3) is 4.89. The van der Waals surface area contributed by atoms with Crippen molar-refractivity contribution in [2.45, 2.75) is 49.6 Å². The van der Waals surface area contributed by atoms with Gasteiger partial charge in [-0.25, -0.2) is 13.1 Å². The van der Waals surface area contributed by atoms with Gasteiger partial charge in [-0.05, 0) is 42.7 Å². The lowest BCUT2D eigenvalue weighted by molar-refractivity contribution is 0.0950. The molecule has 6 nitrogen and oxygen atoms in total. The number of amides is 1. The van der Waals surface area contributed by atoms with Crippen molar-refractivity contribution in [3.05, 3.63) is 59.9 Å². The minimum absolute atomic E-state index is 0.0168. The zero-order valence-corrected chi connectivity index (χ0v) is 15.3. The van der Waals surface area contributed by atoms with Gasteiger partial charge in [0.25, 0.3) is 5.91 Å². The summed E-state index contributed by atoms with van der Waals surface area (Å²) in [5, 5.41) is 2.78. The summed E-state index contributed by atoms with van der Waals surface area (Å²) >= 11 is 0. The third-order valence-corrected chi connectivity index (χ3v) is 6.03. The van der Waals surface area contributed by atoms with Crippen molar-refractivity contribution < 1.29 is 13.2 Å². The first-order chi connectivity index (χ1) is 12.5. The zero-order valence-electron chi connectivity index (χ0n) is 14.5. The highest BCUT2D eigenvalue weighted by atomic mass is 32.2. The fourth-order valence-corrected chi connectivity index (χ4v) is 4.45. The number of carbonyl (C=O) groups excluding carboxylic acids is 1. The smallest absolute Gasteiger partial charge is 0.251 e. The highest BCUT2D eigenvalue weighted by molar-refractivity contribution is 7.89. The van der Waals surface area contributed by atoms with Gasteiger partial charge in [-0.2, -0.15) is 0 Å². The molecule has 1 fully saturated rings. The van der Waals surface area contributed by atoms with Gasteiger partial charge in [0.1, 0.15) is 0 Å². The Labute approximate surface area is 154 Å². The Morgan fingerprint density at radius 1 is 1.12 bits per heavy atom. The fraction of sp³-hybridized carbons (Fsp3) is 0.368. The van der Waals surface area contributed by atoms with Crippen LogP contribution in [0.4, 0.5) is 0 Å². The van der Waals surface area contributed by atoms with E-state index in [-0.39, 0.29) is 16.8 Å². The van der Waals surface area contributed by atoms with Crippen molar-refractivity contribution in [1.82, 2.24) is 15.0 Å². The molecule has 0 bridgehead atoms. The molecule has 7 heteroatoms. The maximum Gasteiger partial charge on any atom is 0.251 e. The highest BCUT2D eigenvalue weighted by Gasteiger charge is 2.22. The Morgan fingerprint density at radius 3 is 2.65 bits per heavy atom. The molecule has 1 saturated carbocycles. The van der Waals surface area contributed by atoms with Gasteiger partial charge in [-0.3, -0.25) is 9.78 Å². The third-order valence-electron chi connectivity index (χ3n) is 4.51. The summed E-state index contributed by atoms with van der Waals surface area (Å²) in [6, 6.07) is 9.78. The summed E-state index contributed by atoms with van der Waals surface area (Å²) in [7, 11) is -3.62. The molecule has 1 aromatic heterocycles. The molecule has 1 aromatic carbocycles. The van der Waals surface area contributed by atoms with Crippen LogP contribution in [0, 0.1) is 0 Å². The van der Waals surface area contributed by atoms with Gasteiger partial charge in [-0.1, -0.05) is 31.4 Å². The lowest BCUT2D eigenvalue weighted by Gasteiger charge is -2.22. The number of hydrogen-bond donors (Lipinski definition) is 2. The molecule has 1 aliphatic carbocycles. The molecule has 0 atom stereocenters. The number of hydrogen-bond acceptors (Lipinski definition) is 4. The summed E-state index contributed by atoms with van der Waals surface area (Å²) in [5.41, 5.74) is 1.20. The normalized spacial score (nSPS) is 15.5. The van der Waals surface area contributed by atoms with E-state index in [0.717, 1.165) is 37.7 Å². The van der Waals surface area contributed by atoms with Crippen molar-refractivity contribution in [3.8, 4) is 0 Å². The van der Waals surface area contributed by atoms with Gasteiger partial charge < -0.3 is 5.32 Å². The summed E-state index contributed by atoms with van der Waals surface area (Å²) in [6.07, 6.45) is 8.32. The monoisotopic (exact) mass is 373 g/mol. The first-order valence-corrected chi connectivity index (χ1v) is 10.3. The second kappa shape index (κ2) is 8.42. The second-order valence-electron chi connectivity index (χ2n) is 6.53. The van der Waals surface area contributed by atoms with Gasteiger partial charge in [0.2, 0.25) is 10.0 Å². The average molecular weight is 373 g/mol. The van der Waals surface area contributed by atoms with Crippen LogP contribution in [0.1, 0.15) is 48.0 Å². The van der Waals surface area contributed by atoms with E-state index in [0.29, 0.717) is 12.1 Å². The first kappa shape index (κ1) is 18.5. The second-order valence-corrected chi connectivity index (χ2v) is 8.24. The molecule has 0 saturated heterocycles. The van der Waals surface area contributed by atoms with E-state index in [1.807, 2.05) is 6.07 Å². The van der Waals surface area contributed by atoms with Crippen LogP contribution in [0.15, 0.2) is 53.7 Å².